The summed E-state index contributed by atoms with van der Waals surface area (Å²) in [5.74, 6) is -0.465. The predicted molar refractivity (Wildman–Crippen MR) is 75.5 cm³/mol. The molecule has 0 fully saturated rings. The van der Waals surface area contributed by atoms with E-state index in [0.717, 1.165) is 23.1 Å². The maximum atomic E-state index is 10.7. The third-order valence-corrected chi connectivity index (χ3v) is 3.08. The van der Waals surface area contributed by atoms with E-state index in [1.807, 2.05) is 12.1 Å². The van der Waals surface area contributed by atoms with Crippen LogP contribution in [0.25, 0.3) is 0 Å². The van der Waals surface area contributed by atoms with Crippen molar-refractivity contribution in [1.82, 2.24) is 5.32 Å². The molecule has 0 bridgehead atoms. The molecule has 1 aromatic rings. The molecule has 0 amide bonds. The van der Waals surface area contributed by atoms with Gasteiger partial charge in [0.25, 0.3) is 0 Å². The third-order valence-electron chi connectivity index (χ3n) is 2.46. The van der Waals surface area contributed by atoms with Crippen molar-refractivity contribution in [3.8, 4) is 5.75 Å². The Balaban J connectivity index is 2.56. The number of hydrogen-bond donors (Lipinski definition) is 2. The molecule has 0 aromatic heterocycles. The number of hydrogen-bond acceptors (Lipinski definition) is 4. The highest BCUT2D eigenvalue weighted by Gasteiger charge is 2.14. The van der Waals surface area contributed by atoms with Crippen LogP contribution in [0.2, 0.25) is 0 Å². The van der Waals surface area contributed by atoms with Gasteiger partial charge in [-0.25, -0.2) is 4.79 Å². The van der Waals surface area contributed by atoms with E-state index in [1.165, 1.54) is 6.92 Å². The molecule has 0 spiro atoms. The zero-order valence-corrected chi connectivity index (χ0v) is 12.6. The summed E-state index contributed by atoms with van der Waals surface area (Å²) in [4.78, 5) is 10.7. The molecule has 1 unspecified atom stereocenters. The highest BCUT2D eigenvalue weighted by molar-refractivity contribution is 9.10. The molecule has 1 atom stereocenters. The minimum Gasteiger partial charge on any atom is -0.479 e. The minimum atomic E-state index is -0.989. The van der Waals surface area contributed by atoms with Gasteiger partial charge >= 0.3 is 5.97 Å². The standard InChI is InChI=1S/C13H18BrNO4/c1-9(13(16)17)19-12-4-3-10(7-11(12)14)8-15-5-6-18-2/h3-4,7,9,15H,5-6,8H2,1-2H3,(H,16,17). The van der Waals surface area contributed by atoms with Crippen molar-refractivity contribution in [2.45, 2.75) is 19.6 Å². The molecule has 19 heavy (non-hydrogen) atoms. The summed E-state index contributed by atoms with van der Waals surface area (Å²) in [6.07, 6.45) is -0.873. The second-order valence-corrected chi connectivity index (χ2v) is 4.89. The van der Waals surface area contributed by atoms with Crippen LogP contribution in [0.1, 0.15) is 12.5 Å². The highest BCUT2D eigenvalue weighted by atomic mass is 79.9. The van der Waals surface area contributed by atoms with E-state index >= 15 is 0 Å². The zero-order valence-electron chi connectivity index (χ0n) is 11.0. The molecule has 106 valence electrons. The van der Waals surface area contributed by atoms with Crippen molar-refractivity contribution in [2.75, 3.05) is 20.3 Å². The Labute approximate surface area is 121 Å². The Bertz CT molecular complexity index is 425. The van der Waals surface area contributed by atoms with Crippen LogP contribution < -0.4 is 10.1 Å². The van der Waals surface area contributed by atoms with E-state index in [-0.39, 0.29) is 0 Å². The van der Waals surface area contributed by atoms with Gasteiger partial charge in [0.1, 0.15) is 5.75 Å². The summed E-state index contributed by atoms with van der Waals surface area (Å²) >= 11 is 3.38. The summed E-state index contributed by atoms with van der Waals surface area (Å²) in [5.41, 5.74) is 1.08. The van der Waals surface area contributed by atoms with Crippen LogP contribution >= 0.6 is 15.9 Å². The third kappa shape index (κ3) is 5.59. The van der Waals surface area contributed by atoms with Crippen LogP contribution in [0.3, 0.4) is 0 Å². The Morgan fingerprint density at radius 1 is 1.53 bits per heavy atom. The van der Waals surface area contributed by atoms with Gasteiger partial charge in [-0.1, -0.05) is 6.07 Å². The fourth-order valence-corrected chi connectivity index (χ4v) is 1.92. The van der Waals surface area contributed by atoms with Crippen LogP contribution in [0, 0.1) is 0 Å². The van der Waals surface area contributed by atoms with E-state index in [4.69, 9.17) is 14.6 Å². The molecule has 0 aliphatic rings. The van der Waals surface area contributed by atoms with E-state index in [0.29, 0.717) is 12.4 Å². The van der Waals surface area contributed by atoms with Crippen molar-refractivity contribution in [1.29, 1.82) is 0 Å². The molecule has 2 N–H and O–H groups in total. The largest absolute Gasteiger partial charge is 0.479 e. The molecule has 6 heteroatoms. The van der Waals surface area contributed by atoms with Gasteiger partial charge < -0.3 is 19.9 Å². The second-order valence-electron chi connectivity index (χ2n) is 4.03. The average Bonchev–Trinajstić information content (AvgIpc) is 2.37. The normalized spacial score (nSPS) is 12.2. The smallest absolute Gasteiger partial charge is 0.344 e. The van der Waals surface area contributed by atoms with Gasteiger partial charge in [0.2, 0.25) is 0 Å². The number of carboxylic acids is 1. The van der Waals surface area contributed by atoms with Gasteiger partial charge in [0.05, 0.1) is 11.1 Å². The minimum absolute atomic E-state index is 0.524. The summed E-state index contributed by atoms with van der Waals surface area (Å²) in [7, 11) is 1.66. The molecule has 0 saturated heterocycles. The van der Waals surface area contributed by atoms with Gasteiger partial charge in [-0.3, -0.25) is 0 Å². The van der Waals surface area contributed by atoms with Crippen LogP contribution in [0.4, 0.5) is 0 Å². The lowest BCUT2D eigenvalue weighted by Crippen LogP contribution is -2.23. The van der Waals surface area contributed by atoms with Gasteiger partial charge in [0.15, 0.2) is 6.10 Å². The van der Waals surface area contributed by atoms with E-state index < -0.39 is 12.1 Å². The number of ether oxygens (including phenoxy) is 2. The Hall–Kier alpha value is -1.11. The maximum Gasteiger partial charge on any atom is 0.344 e. The summed E-state index contributed by atoms with van der Waals surface area (Å²) in [5, 5.41) is 12.0. The molecule has 0 aliphatic heterocycles. The Morgan fingerprint density at radius 3 is 2.84 bits per heavy atom. The van der Waals surface area contributed by atoms with Crippen molar-refractivity contribution in [3.05, 3.63) is 28.2 Å². The molecule has 1 rings (SSSR count). The average molecular weight is 332 g/mol. The number of halogens is 1. The first kappa shape index (κ1) is 15.9. The molecular weight excluding hydrogens is 314 g/mol. The molecule has 5 nitrogen and oxygen atoms in total. The topological polar surface area (TPSA) is 67.8 Å². The van der Waals surface area contributed by atoms with Gasteiger partial charge in [-0.05, 0) is 40.5 Å². The van der Waals surface area contributed by atoms with E-state index in [2.05, 4.69) is 21.2 Å². The number of benzene rings is 1. The Kier molecular flexibility index (Phi) is 6.83. The van der Waals surface area contributed by atoms with E-state index in [9.17, 15) is 4.79 Å². The van der Waals surface area contributed by atoms with Crippen molar-refractivity contribution >= 4 is 21.9 Å². The number of carbonyl (C=O) groups is 1. The lowest BCUT2D eigenvalue weighted by molar-refractivity contribution is -0.144. The number of methoxy groups -OCH3 is 1. The monoisotopic (exact) mass is 331 g/mol. The lowest BCUT2D eigenvalue weighted by Gasteiger charge is -2.13. The number of carboxylic acid groups (broad SMARTS) is 1. The highest BCUT2D eigenvalue weighted by Crippen LogP contribution is 2.27. The van der Waals surface area contributed by atoms with Gasteiger partial charge in [-0.2, -0.15) is 0 Å². The van der Waals surface area contributed by atoms with Crippen LogP contribution in [0.5, 0.6) is 5.75 Å². The summed E-state index contributed by atoms with van der Waals surface area (Å²) in [6.45, 7) is 3.66. The molecule has 0 aliphatic carbocycles. The fraction of sp³-hybridized carbons (Fsp3) is 0.462. The number of nitrogens with one attached hydrogen (secondary N) is 1. The first-order chi connectivity index (χ1) is 9.04. The van der Waals surface area contributed by atoms with Crippen LogP contribution in [0.15, 0.2) is 22.7 Å². The van der Waals surface area contributed by atoms with Gasteiger partial charge in [-0.15, -0.1) is 0 Å². The molecule has 0 heterocycles. The quantitative estimate of drug-likeness (QED) is 0.713. The predicted octanol–water partition coefficient (Wildman–Crippen LogP) is 2.04. The Morgan fingerprint density at radius 2 is 2.26 bits per heavy atom. The van der Waals surface area contributed by atoms with Gasteiger partial charge in [0, 0.05) is 20.2 Å². The second kappa shape index (κ2) is 8.14. The zero-order chi connectivity index (χ0) is 14.3. The fourth-order valence-electron chi connectivity index (χ4n) is 1.40. The van der Waals surface area contributed by atoms with Crippen molar-refractivity contribution < 1.29 is 19.4 Å². The van der Waals surface area contributed by atoms with Crippen LogP contribution in [-0.2, 0) is 16.1 Å². The first-order valence-corrected chi connectivity index (χ1v) is 6.71. The molecular formula is C13H18BrNO4. The first-order valence-electron chi connectivity index (χ1n) is 5.92. The SMILES string of the molecule is COCCNCc1ccc(OC(C)C(=O)O)c(Br)c1. The van der Waals surface area contributed by atoms with Crippen molar-refractivity contribution in [3.63, 3.8) is 0 Å². The van der Waals surface area contributed by atoms with E-state index in [1.54, 1.807) is 13.2 Å². The summed E-state index contributed by atoms with van der Waals surface area (Å²) in [6, 6.07) is 5.56. The molecule has 1 aromatic carbocycles. The molecule has 0 saturated carbocycles. The van der Waals surface area contributed by atoms with Crippen molar-refractivity contribution in [2.24, 2.45) is 0 Å². The number of aliphatic carboxylic acids is 1. The van der Waals surface area contributed by atoms with Crippen LogP contribution in [-0.4, -0.2) is 37.4 Å². The lowest BCUT2D eigenvalue weighted by atomic mass is 10.2. The summed E-state index contributed by atoms with van der Waals surface area (Å²) < 4.78 is 11.0. The number of rotatable bonds is 8. The maximum absolute atomic E-state index is 10.7. The molecule has 0 radical (unpaired) electrons.